The maximum atomic E-state index is 12.8. The number of fused-ring (bicyclic) bond motifs is 1. The van der Waals surface area contributed by atoms with Gasteiger partial charge in [-0.25, -0.2) is 8.42 Å². The molecule has 0 unspecified atom stereocenters. The van der Waals surface area contributed by atoms with Crippen LogP contribution in [0.1, 0.15) is 12.8 Å². The van der Waals surface area contributed by atoms with E-state index in [4.69, 9.17) is 4.74 Å². The van der Waals surface area contributed by atoms with Gasteiger partial charge in [0.05, 0.1) is 10.6 Å². The fraction of sp³-hybridized carbons (Fsp3) is 0.500. The van der Waals surface area contributed by atoms with Crippen LogP contribution in [0.15, 0.2) is 23.1 Å². The Balaban J connectivity index is 1.49. The average molecular weight is 365 g/mol. The van der Waals surface area contributed by atoms with E-state index in [1.165, 1.54) is 16.4 Å². The molecular weight excluding hydrogens is 346 g/mol. The lowest BCUT2D eigenvalue weighted by Gasteiger charge is -2.34. The summed E-state index contributed by atoms with van der Waals surface area (Å²) in [5, 5.41) is 2.62. The minimum atomic E-state index is -3.68. The second-order valence-electron chi connectivity index (χ2n) is 6.50. The molecule has 2 amide bonds. The summed E-state index contributed by atoms with van der Waals surface area (Å²) in [6.45, 7) is 1.32. The Morgan fingerprint density at radius 2 is 1.88 bits per heavy atom. The van der Waals surface area contributed by atoms with Gasteiger partial charge in [-0.3, -0.25) is 9.59 Å². The highest BCUT2D eigenvalue weighted by molar-refractivity contribution is 7.89. The van der Waals surface area contributed by atoms with Gasteiger partial charge in [0.15, 0.2) is 6.61 Å². The van der Waals surface area contributed by atoms with Crippen LogP contribution in [0.5, 0.6) is 5.75 Å². The molecule has 0 spiro atoms. The van der Waals surface area contributed by atoms with Crippen molar-refractivity contribution >= 4 is 27.5 Å². The summed E-state index contributed by atoms with van der Waals surface area (Å²) in [6, 6.07) is 4.45. The Morgan fingerprint density at radius 3 is 2.56 bits per heavy atom. The molecule has 9 heteroatoms. The summed E-state index contributed by atoms with van der Waals surface area (Å²) in [6.07, 6.45) is 1.89. The molecule has 8 nitrogen and oxygen atoms in total. The van der Waals surface area contributed by atoms with E-state index in [1.54, 1.807) is 11.0 Å². The first-order chi connectivity index (χ1) is 11.9. The van der Waals surface area contributed by atoms with Crippen LogP contribution in [-0.4, -0.2) is 62.2 Å². The van der Waals surface area contributed by atoms with Gasteiger partial charge in [0.2, 0.25) is 15.9 Å². The largest absolute Gasteiger partial charge is 0.482 e. The summed E-state index contributed by atoms with van der Waals surface area (Å²) in [5.41, 5.74) is 0.361. The number of carbonyl (C=O) groups is 2. The molecule has 1 N–H and O–H groups in total. The Kier molecular flexibility index (Phi) is 3.92. The van der Waals surface area contributed by atoms with Crippen LogP contribution >= 0.6 is 0 Å². The number of hydrogen-bond donors (Lipinski definition) is 1. The van der Waals surface area contributed by atoms with E-state index in [-0.39, 0.29) is 42.3 Å². The Hall–Kier alpha value is -2.13. The second-order valence-corrected chi connectivity index (χ2v) is 8.44. The number of amides is 2. The standard InChI is InChI=1S/C16H19N3O5S/c20-15-10-24-14-4-3-12(9-13(14)17-15)25(22,23)19-7-5-18(6-8-19)16(21)11-1-2-11/h3-4,9,11H,1-2,5-8,10H2,(H,17,20). The Labute approximate surface area is 145 Å². The van der Waals surface area contributed by atoms with E-state index in [2.05, 4.69) is 5.32 Å². The zero-order valence-electron chi connectivity index (χ0n) is 13.6. The van der Waals surface area contributed by atoms with Gasteiger partial charge in [-0.15, -0.1) is 0 Å². The molecule has 0 atom stereocenters. The number of rotatable bonds is 3. The van der Waals surface area contributed by atoms with Crippen LogP contribution in [0.2, 0.25) is 0 Å². The number of nitrogens with zero attached hydrogens (tertiary/aromatic N) is 2. The van der Waals surface area contributed by atoms with Crippen molar-refractivity contribution in [2.24, 2.45) is 5.92 Å². The van der Waals surface area contributed by atoms with Crippen molar-refractivity contribution in [2.45, 2.75) is 17.7 Å². The highest BCUT2D eigenvalue weighted by Crippen LogP contribution is 2.33. The molecule has 0 bridgehead atoms. The van der Waals surface area contributed by atoms with Crippen molar-refractivity contribution in [1.82, 2.24) is 9.21 Å². The predicted molar refractivity (Wildman–Crippen MR) is 88.6 cm³/mol. The summed E-state index contributed by atoms with van der Waals surface area (Å²) in [5.74, 6) is 0.436. The highest BCUT2D eigenvalue weighted by atomic mass is 32.2. The van der Waals surface area contributed by atoms with Crippen molar-refractivity contribution in [3.05, 3.63) is 18.2 Å². The van der Waals surface area contributed by atoms with Crippen molar-refractivity contribution in [2.75, 3.05) is 38.1 Å². The molecule has 1 aromatic carbocycles. The van der Waals surface area contributed by atoms with Gasteiger partial charge < -0.3 is 15.0 Å². The molecule has 1 aromatic rings. The average Bonchev–Trinajstić information content (AvgIpc) is 3.45. The fourth-order valence-electron chi connectivity index (χ4n) is 3.11. The number of piperazine rings is 1. The van der Waals surface area contributed by atoms with Crippen LogP contribution in [0.25, 0.3) is 0 Å². The van der Waals surface area contributed by atoms with Crippen molar-refractivity contribution in [1.29, 1.82) is 0 Å². The van der Waals surface area contributed by atoms with E-state index >= 15 is 0 Å². The van der Waals surface area contributed by atoms with Crippen molar-refractivity contribution in [3.63, 3.8) is 0 Å². The minimum Gasteiger partial charge on any atom is -0.482 e. The van der Waals surface area contributed by atoms with Gasteiger partial charge in [0.1, 0.15) is 5.75 Å². The molecule has 4 rings (SSSR count). The third-order valence-electron chi connectivity index (χ3n) is 4.70. The number of hydrogen-bond acceptors (Lipinski definition) is 5. The molecule has 0 aromatic heterocycles. The number of benzene rings is 1. The quantitative estimate of drug-likeness (QED) is 0.829. The molecular formula is C16H19N3O5S. The fourth-order valence-corrected chi connectivity index (χ4v) is 4.56. The zero-order valence-corrected chi connectivity index (χ0v) is 14.4. The smallest absolute Gasteiger partial charge is 0.262 e. The summed E-state index contributed by atoms with van der Waals surface area (Å²) >= 11 is 0. The SMILES string of the molecule is O=C1COc2ccc(S(=O)(=O)N3CCN(C(=O)C4CC4)CC3)cc2N1. The highest BCUT2D eigenvalue weighted by Gasteiger charge is 2.36. The zero-order chi connectivity index (χ0) is 17.6. The Bertz CT molecular complexity index is 826. The van der Waals surface area contributed by atoms with E-state index in [0.717, 1.165) is 12.8 Å². The number of carbonyl (C=O) groups excluding carboxylic acids is 2. The number of anilines is 1. The van der Waals surface area contributed by atoms with Crippen LogP contribution in [0.3, 0.4) is 0 Å². The van der Waals surface area contributed by atoms with Gasteiger partial charge in [-0.1, -0.05) is 0 Å². The molecule has 25 heavy (non-hydrogen) atoms. The third-order valence-corrected chi connectivity index (χ3v) is 6.59. The topological polar surface area (TPSA) is 96.0 Å². The van der Waals surface area contributed by atoms with E-state index in [1.807, 2.05) is 0 Å². The first-order valence-corrected chi connectivity index (χ1v) is 9.75. The van der Waals surface area contributed by atoms with Gasteiger partial charge in [-0.2, -0.15) is 4.31 Å². The van der Waals surface area contributed by atoms with Crippen LogP contribution in [-0.2, 0) is 19.6 Å². The molecule has 2 aliphatic heterocycles. The maximum Gasteiger partial charge on any atom is 0.262 e. The van der Waals surface area contributed by atoms with Crippen molar-refractivity contribution < 1.29 is 22.7 Å². The van der Waals surface area contributed by atoms with E-state index in [0.29, 0.717) is 24.5 Å². The van der Waals surface area contributed by atoms with Crippen LogP contribution in [0, 0.1) is 5.92 Å². The lowest BCUT2D eigenvalue weighted by Crippen LogP contribution is -2.50. The molecule has 1 saturated carbocycles. The van der Waals surface area contributed by atoms with Gasteiger partial charge in [0.25, 0.3) is 5.91 Å². The molecule has 1 aliphatic carbocycles. The Morgan fingerprint density at radius 1 is 1.16 bits per heavy atom. The lowest BCUT2D eigenvalue weighted by molar-refractivity contribution is -0.133. The monoisotopic (exact) mass is 365 g/mol. The second kappa shape index (κ2) is 5.99. The number of sulfonamides is 1. The van der Waals surface area contributed by atoms with Crippen LogP contribution < -0.4 is 10.1 Å². The third kappa shape index (κ3) is 3.09. The minimum absolute atomic E-state index is 0.0733. The number of ether oxygens (including phenoxy) is 1. The maximum absolute atomic E-state index is 12.8. The summed E-state index contributed by atoms with van der Waals surface area (Å²) in [4.78, 5) is 25.4. The summed E-state index contributed by atoms with van der Waals surface area (Å²) in [7, 11) is -3.68. The molecule has 1 saturated heterocycles. The lowest BCUT2D eigenvalue weighted by atomic mass is 10.2. The first kappa shape index (κ1) is 16.3. The molecule has 2 heterocycles. The van der Waals surface area contributed by atoms with E-state index in [9.17, 15) is 18.0 Å². The van der Waals surface area contributed by atoms with Gasteiger partial charge in [-0.05, 0) is 31.0 Å². The van der Waals surface area contributed by atoms with Gasteiger partial charge >= 0.3 is 0 Å². The van der Waals surface area contributed by atoms with Crippen LogP contribution in [0.4, 0.5) is 5.69 Å². The van der Waals surface area contributed by atoms with Crippen molar-refractivity contribution in [3.8, 4) is 5.75 Å². The van der Waals surface area contributed by atoms with Gasteiger partial charge in [0, 0.05) is 32.1 Å². The molecule has 0 radical (unpaired) electrons. The molecule has 3 aliphatic rings. The first-order valence-electron chi connectivity index (χ1n) is 8.31. The number of nitrogens with one attached hydrogen (secondary N) is 1. The molecule has 2 fully saturated rings. The molecule has 134 valence electrons. The van der Waals surface area contributed by atoms with E-state index < -0.39 is 10.0 Å². The predicted octanol–water partition coefficient (Wildman–Crippen LogP) is 0.260. The summed E-state index contributed by atoms with van der Waals surface area (Å²) < 4.78 is 32.3. The normalized spacial score (nSPS) is 21.3.